The van der Waals surface area contributed by atoms with Crippen LogP contribution in [0.3, 0.4) is 0 Å². The quantitative estimate of drug-likeness (QED) is 0.523. The second kappa shape index (κ2) is 11.5. The molecule has 4 rings (SSSR count). The predicted molar refractivity (Wildman–Crippen MR) is 134 cm³/mol. The van der Waals surface area contributed by atoms with Gasteiger partial charge in [0.05, 0.1) is 7.11 Å². The van der Waals surface area contributed by atoms with Crippen LogP contribution >= 0.6 is 0 Å². The first-order chi connectivity index (χ1) is 17.4. The van der Waals surface area contributed by atoms with Gasteiger partial charge in [0.25, 0.3) is 11.8 Å². The Labute approximate surface area is 209 Å². The van der Waals surface area contributed by atoms with Gasteiger partial charge in [0.1, 0.15) is 17.6 Å². The third kappa shape index (κ3) is 6.07. The van der Waals surface area contributed by atoms with Crippen molar-refractivity contribution in [2.75, 3.05) is 25.5 Å². The van der Waals surface area contributed by atoms with E-state index in [0.29, 0.717) is 42.9 Å². The van der Waals surface area contributed by atoms with Crippen LogP contribution in [0.1, 0.15) is 33.6 Å². The fourth-order valence-corrected chi connectivity index (χ4v) is 4.32. The molecule has 1 aliphatic rings. The largest absolute Gasteiger partial charge is 0.497 e. The van der Waals surface area contributed by atoms with Crippen molar-refractivity contribution in [3.63, 3.8) is 0 Å². The molecule has 1 atom stereocenters. The lowest BCUT2D eigenvalue weighted by atomic mass is 9.88. The molecule has 1 heterocycles. The molecule has 1 unspecified atom stereocenters. The zero-order chi connectivity index (χ0) is 25.5. The fraction of sp³-hybridized carbons (Fsp3) is 0.250. The highest BCUT2D eigenvalue weighted by Crippen LogP contribution is 2.24. The smallest absolute Gasteiger partial charge is 0.253 e. The summed E-state index contributed by atoms with van der Waals surface area (Å²) in [4.78, 5) is 40.8. The number of nitrogens with one attached hydrogen (secondary N) is 2. The summed E-state index contributed by atoms with van der Waals surface area (Å²) >= 11 is 0. The van der Waals surface area contributed by atoms with Crippen molar-refractivity contribution in [3.8, 4) is 5.75 Å². The van der Waals surface area contributed by atoms with E-state index in [0.717, 1.165) is 0 Å². The minimum Gasteiger partial charge on any atom is -0.497 e. The van der Waals surface area contributed by atoms with Crippen LogP contribution in [0.25, 0.3) is 0 Å². The highest BCUT2D eigenvalue weighted by Gasteiger charge is 2.34. The number of rotatable bonds is 7. The Morgan fingerprint density at radius 2 is 1.50 bits per heavy atom. The number of para-hydroxylation sites is 1. The average Bonchev–Trinajstić information content (AvgIpc) is 2.92. The highest BCUT2D eigenvalue weighted by atomic mass is 19.1. The number of anilines is 1. The van der Waals surface area contributed by atoms with Crippen molar-refractivity contribution in [1.29, 1.82) is 0 Å². The lowest BCUT2D eigenvalue weighted by Crippen LogP contribution is -2.52. The van der Waals surface area contributed by atoms with Gasteiger partial charge < -0.3 is 20.3 Å². The highest BCUT2D eigenvalue weighted by molar-refractivity contribution is 6.01. The Morgan fingerprint density at radius 1 is 0.889 bits per heavy atom. The number of hydrogen-bond donors (Lipinski definition) is 2. The number of carbonyl (C=O) groups excluding carboxylic acids is 3. The van der Waals surface area contributed by atoms with E-state index < -0.39 is 17.8 Å². The molecule has 8 heteroatoms. The molecule has 1 aliphatic heterocycles. The van der Waals surface area contributed by atoms with Gasteiger partial charge in [-0.05, 0) is 79.4 Å². The molecule has 0 bridgehead atoms. The summed E-state index contributed by atoms with van der Waals surface area (Å²) in [6, 6.07) is 20.3. The minimum atomic E-state index is -0.819. The zero-order valence-electron chi connectivity index (χ0n) is 19.9. The molecule has 7 nitrogen and oxygen atoms in total. The van der Waals surface area contributed by atoms with Crippen molar-refractivity contribution < 1.29 is 23.5 Å². The molecule has 1 saturated heterocycles. The van der Waals surface area contributed by atoms with Crippen LogP contribution < -0.4 is 15.4 Å². The monoisotopic (exact) mass is 489 g/mol. The summed E-state index contributed by atoms with van der Waals surface area (Å²) in [5.41, 5.74) is 1.45. The number of amides is 3. The molecule has 2 N–H and O–H groups in total. The van der Waals surface area contributed by atoms with Crippen LogP contribution in [0.2, 0.25) is 0 Å². The number of likely N-dealkylation sites (tertiary alicyclic amines) is 1. The Bertz CT molecular complexity index is 1190. The van der Waals surface area contributed by atoms with Crippen LogP contribution in [-0.2, 0) is 4.79 Å². The van der Waals surface area contributed by atoms with Gasteiger partial charge in [-0.2, -0.15) is 0 Å². The van der Waals surface area contributed by atoms with Crippen molar-refractivity contribution in [3.05, 3.63) is 95.8 Å². The van der Waals surface area contributed by atoms with Gasteiger partial charge in [-0.25, -0.2) is 4.39 Å². The first-order valence-corrected chi connectivity index (χ1v) is 11.8. The second-order valence-electron chi connectivity index (χ2n) is 8.67. The van der Waals surface area contributed by atoms with Gasteiger partial charge in [-0.1, -0.05) is 18.2 Å². The van der Waals surface area contributed by atoms with Crippen LogP contribution in [0.15, 0.2) is 78.9 Å². The maximum atomic E-state index is 13.3. The van der Waals surface area contributed by atoms with E-state index >= 15 is 0 Å². The molecule has 36 heavy (non-hydrogen) atoms. The van der Waals surface area contributed by atoms with Gasteiger partial charge in [0, 0.05) is 29.9 Å². The molecule has 3 aromatic carbocycles. The Kier molecular flexibility index (Phi) is 7.95. The molecular formula is C28H28FN3O4. The van der Waals surface area contributed by atoms with Crippen LogP contribution in [0, 0.1) is 11.7 Å². The van der Waals surface area contributed by atoms with Gasteiger partial charge in [-0.15, -0.1) is 0 Å². The van der Waals surface area contributed by atoms with Gasteiger partial charge in [-0.3, -0.25) is 14.4 Å². The van der Waals surface area contributed by atoms with E-state index in [-0.39, 0.29) is 23.3 Å². The van der Waals surface area contributed by atoms with Crippen LogP contribution in [0.5, 0.6) is 5.75 Å². The Balaban J connectivity index is 1.46. The molecule has 186 valence electrons. The number of nitrogens with zero attached hydrogens (tertiary/aromatic N) is 1. The van der Waals surface area contributed by atoms with Crippen LogP contribution in [0.4, 0.5) is 10.1 Å². The summed E-state index contributed by atoms with van der Waals surface area (Å²) in [6.45, 7) is 0.911. The van der Waals surface area contributed by atoms with E-state index in [1.54, 1.807) is 48.4 Å². The molecule has 0 aliphatic carbocycles. The standard InChI is InChI=1S/C28H28FN3O4/c1-36-24-13-9-21(10-14-24)28(35)32-17-15-19(16-18-32)25(27(34)30-23-5-3-2-4-6-23)31-26(33)20-7-11-22(29)12-8-20/h2-14,19,25H,15-18H2,1H3,(H,30,34)(H,31,33). The Hall–Kier alpha value is -4.20. The topological polar surface area (TPSA) is 87.7 Å². The summed E-state index contributed by atoms with van der Waals surface area (Å²) in [5.74, 6) is -0.834. The third-order valence-electron chi connectivity index (χ3n) is 6.35. The third-order valence-corrected chi connectivity index (χ3v) is 6.35. The van der Waals surface area contributed by atoms with E-state index in [2.05, 4.69) is 10.6 Å². The molecule has 0 spiro atoms. The van der Waals surface area contributed by atoms with E-state index in [4.69, 9.17) is 4.74 Å². The van der Waals surface area contributed by atoms with E-state index in [9.17, 15) is 18.8 Å². The lowest BCUT2D eigenvalue weighted by Gasteiger charge is -2.36. The molecule has 0 saturated carbocycles. The summed E-state index contributed by atoms with van der Waals surface area (Å²) in [6.07, 6.45) is 1.08. The first kappa shape index (κ1) is 24.9. The predicted octanol–water partition coefficient (Wildman–Crippen LogP) is 4.12. The molecule has 3 aromatic rings. The van der Waals surface area contributed by atoms with Gasteiger partial charge >= 0.3 is 0 Å². The van der Waals surface area contributed by atoms with E-state index in [1.165, 1.54) is 24.3 Å². The maximum absolute atomic E-state index is 13.3. The van der Waals surface area contributed by atoms with Crippen molar-refractivity contribution >= 4 is 23.4 Å². The average molecular weight is 490 g/mol. The number of ether oxygens (including phenoxy) is 1. The van der Waals surface area contributed by atoms with Crippen LogP contribution in [-0.4, -0.2) is 48.9 Å². The number of methoxy groups -OCH3 is 1. The molecule has 0 radical (unpaired) electrons. The summed E-state index contributed by atoms with van der Waals surface area (Å²) < 4.78 is 18.5. The SMILES string of the molecule is COc1ccc(C(=O)N2CCC(C(NC(=O)c3ccc(F)cc3)C(=O)Nc3ccccc3)CC2)cc1. The second-order valence-corrected chi connectivity index (χ2v) is 8.67. The molecule has 0 aromatic heterocycles. The maximum Gasteiger partial charge on any atom is 0.253 e. The zero-order valence-corrected chi connectivity index (χ0v) is 19.9. The molecule has 1 fully saturated rings. The molecule has 3 amide bonds. The number of hydrogen-bond acceptors (Lipinski definition) is 4. The van der Waals surface area contributed by atoms with Crippen molar-refractivity contribution in [2.24, 2.45) is 5.92 Å². The van der Waals surface area contributed by atoms with Crippen molar-refractivity contribution in [2.45, 2.75) is 18.9 Å². The summed E-state index contributed by atoms with van der Waals surface area (Å²) in [5, 5.41) is 5.71. The lowest BCUT2D eigenvalue weighted by molar-refractivity contribution is -0.119. The van der Waals surface area contributed by atoms with E-state index in [1.807, 2.05) is 18.2 Å². The van der Waals surface area contributed by atoms with Gasteiger partial charge in [0.15, 0.2) is 0 Å². The fourth-order valence-electron chi connectivity index (χ4n) is 4.32. The first-order valence-electron chi connectivity index (χ1n) is 11.8. The number of benzene rings is 3. The number of carbonyl (C=O) groups is 3. The molecular weight excluding hydrogens is 461 g/mol. The normalized spacial score (nSPS) is 14.6. The number of piperidine rings is 1. The Morgan fingerprint density at radius 3 is 2.11 bits per heavy atom. The minimum absolute atomic E-state index is 0.0864. The van der Waals surface area contributed by atoms with Crippen molar-refractivity contribution in [1.82, 2.24) is 10.2 Å². The summed E-state index contributed by atoms with van der Waals surface area (Å²) in [7, 11) is 1.57. The van der Waals surface area contributed by atoms with Gasteiger partial charge in [0.2, 0.25) is 5.91 Å². The number of halogens is 1.